The van der Waals surface area contributed by atoms with Gasteiger partial charge in [0.1, 0.15) is 11.6 Å². The van der Waals surface area contributed by atoms with Crippen LogP contribution in [0.3, 0.4) is 0 Å². The first kappa shape index (κ1) is 15.1. The molecule has 3 rings (SSSR count). The maximum absolute atomic E-state index is 14.3. The molecule has 0 heterocycles. The summed E-state index contributed by atoms with van der Waals surface area (Å²) < 4.78 is 19.5. The molecule has 0 saturated heterocycles. The summed E-state index contributed by atoms with van der Waals surface area (Å²) in [5.41, 5.74) is 2.53. The third kappa shape index (κ3) is 3.51. The van der Waals surface area contributed by atoms with Gasteiger partial charge in [0.05, 0.1) is 13.2 Å². The molecule has 2 nitrogen and oxygen atoms in total. The fraction of sp³-hybridized carbons (Fsp3) is 0.100. The lowest BCUT2D eigenvalue weighted by molar-refractivity contribution is 0.415. The number of rotatable bonds is 5. The maximum atomic E-state index is 14.3. The fourth-order valence-corrected chi connectivity index (χ4v) is 2.55. The highest BCUT2D eigenvalue weighted by molar-refractivity contribution is 5.51. The molecule has 3 aromatic carbocycles. The van der Waals surface area contributed by atoms with Crippen LogP contribution in [0.4, 0.5) is 10.1 Å². The third-order valence-electron chi connectivity index (χ3n) is 3.75. The summed E-state index contributed by atoms with van der Waals surface area (Å²) in [6.07, 6.45) is 0. The summed E-state index contributed by atoms with van der Waals surface area (Å²) >= 11 is 0. The van der Waals surface area contributed by atoms with Crippen LogP contribution in [0.2, 0.25) is 0 Å². The number of hydrogen-bond acceptors (Lipinski definition) is 2. The van der Waals surface area contributed by atoms with E-state index in [0.29, 0.717) is 5.56 Å². The van der Waals surface area contributed by atoms with E-state index in [1.165, 1.54) is 6.07 Å². The van der Waals surface area contributed by atoms with Crippen molar-refractivity contribution < 1.29 is 9.13 Å². The van der Waals surface area contributed by atoms with Crippen molar-refractivity contribution in [3.63, 3.8) is 0 Å². The third-order valence-corrected chi connectivity index (χ3v) is 3.75. The van der Waals surface area contributed by atoms with Crippen molar-refractivity contribution in [2.45, 2.75) is 6.04 Å². The van der Waals surface area contributed by atoms with Gasteiger partial charge in [-0.05, 0) is 35.9 Å². The summed E-state index contributed by atoms with van der Waals surface area (Å²) in [4.78, 5) is 0. The zero-order valence-corrected chi connectivity index (χ0v) is 12.9. The molecule has 1 unspecified atom stereocenters. The highest BCUT2D eigenvalue weighted by atomic mass is 19.1. The Balaban J connectivity index is 1.97. The Morgan fingerprint density at radius 3 is 2.13 bits per heavy atom. The summed E-state index contributed by atoms with van der Waals surface area (Å²) in [6, 6.07) is 24.1. The Morgan fingerprint density at radius 1 is 0.826 bits per heavy atom. The van der Waals surface area contributed by atoms with Gasteiger partial charge in [-0.15, -0.1) is 0 Å². The molecule has 0 radical (unpaired) electrons. The topological polar surface area (TPSA) is 21.3 Å². The summed E-state index contributed by atoms with van der Waals surface area (Å²) in [5, 5.41) is 3.41. The highest BCUT2D eigenvalue weighted by Crippen LogP contribution is 2.29. The second-order valence-corrected chi connectivity index (χ2v) is 5.24. The lowest BCUT2D eigenvalue weighted by Gasteiger charge is -2.21. The van der Waals surface area contributed by atoms with Gasteiger partial charge in [0.25, 0.3) is 0 Å². The molecule has 1 N–H and O–H groups in total. The van der Waals surface area contributed by atoms with Crippen molar-refractivity contribution in [3.05, 3.63) is 95.8 Å². The Kier molecular flexibility index (Phi) is 4.57. The van der Waals surface area contributed by atoms with E-state index in [1.54, 1.807) is 13.2 Å². The van der Waals surface area contributed by atoms with Crippen LogP contribution in [0.1, 0.15) is 17.2 Å². The largest absolute Gasteiger partial charge is 0.497 e. The molecule has 116 valence electrons. The Labute approximate surface area is 135 Å². The lowest BCUT2D eigenvalue weighted by Crippen LogP contribution is -2.13. The second-order valence-electron chi connectivity index (χ2n) is 5.24. The van der Waals surface area contributed by atoms with E-state index in [9.17, 15) is 4.39 Å². The quantitative estimate of drug-likeness (QED) is 0.713. The van der Waals surface area contributed by atoms with Gasteiger partial charge in [-0.2, -0.15) is 0 Å². The standard InChI is InChI=1S/C20H18FNO/c1-23-17-13-11-16(12-14-17)22-20(15-7-3-2-4-8-15)18-9-5-6-10-19(18)21/h2-14,20,22H,1H3. The average Bonchev–Trinajstić information content (AvgIpc) is 2.62. The molecule has 0 fully saturated rings. The van der Waals surface area contributed by atoms with Crippen LogP contribution in [0.25, 0.3) is 0 Å². The molecular formula is C20H18FNO. The van der Waals surface area contributed by atoms with Crippen LogP contribution in [0, 0.1) is 5.82 Å². The first-order valence-corrected chi connectivity index (χ1v) is 7.48. The van der Waals surface area contributed by atoms with E-state index in [2.05, 4.69) is 5.32 Å². The van der Waals surface area contributed by atoms with Crippen LogP contribution >= 0.6 is 0 Å². The van der Waals surface area contributed by atoms with Crippen molar-refractivity contribution in [2.75, 3.05) is 12.4 Å². The SMILES string of the molecule is COc1ccc(NC(c2ccccc2)c2ccccc2F)cc1. The molecular weight excluding hydrogens is 289 g/mol. The summed E-state index contributed by atoms with van der Waals surface area (Å²) in [5.74, 6) is 0.570. The molecule has 0 spiro atoms. The maximum Gasteiger partial charge on any atom is 0.128 e. The molecule has 0 aliphatic rings. The van der Waals surface area contributed by atoms with Crippen LogP contribution in [0.15, 0.2) is 78.9 Å². The highest BCUT2D eigenvalue weighted by Gasteiger charge is 2.17. The number of nitrogens with one attached hydrogen (secondary N) is 1. The molecule has 0 aromatic heterocycles. The van der Waals surface area contributed by atoms with Gasteiger partial charge in [-0.25, -0.2) is 4.39 Å². The number of methoxy groups -OCH3 is 1. The predicted molar refractivity (Wildman–Crippen MR) is 91.3 cm³/mol. The first-order valence-electron chi connectivity index (χ1n) is 7.48. The summed E-state index contributed by atoms with van der Waals surface area (Å²) in [6.45, 7) is 0. The first-order chi connectivity index (χ1) is 11.3. The van der Waals surface area contributed by atoms with Gasteiger partial charge >= 0.3 is 0 Å². The van der Waals surface area contributed by atoms with Crippen molar-refractivity contribution in [3.8, 4) is 5.75 Å². The van der Waals surface area contributed by atoms with Gasteiger partial charge in [-0.3, -0.25) is 0 Å². The predicted octanol–water partition coefficient (Wildman–Crippen LogP) is 5.04. The molecule has 0 amide bonds. The Hall–Kier alpha value is -2.81. The van der Waals surface area contributed by atoms with Gasteiger partial charge < -0.3 is 10.1 Å². The number of ether oxygens (including phenoxy) is 1. The molecule has 3 heteroatoms. The van der Waals surface area contributed by atoms with E-state index in [4.69, 9.17) is 4.74 Å². The van der Waals surface area contributed by atoms with Gasteiger partial charge in [0.15, 0.2) is 0 Å². The molecule has 1 atom stereocenters. The van der Waals surface area contributed by atoms with Crippen LogP contribution in [0.5, 0.6) is 5.75 Å². The summed E-state index contributed by atoms with van der Waals surface area (Å²) in [7, 11) is 1.63. The second kappa shape index (κ2) is 6.97. The normalized spacial score (nSPS) is 11.7. The smallest absolute Gasteiger partial charge is 0.128 e. The van der Waals surface area contributed by atoms with Gasteiger partial charge in [0.2, 0.25) is 0 Å². The van der Waals surface area contributed by atoms with Crippen LogP contribution in [-0.4, -0.2) is 7.11 Å². The number of hydrogen-bond donors (Lipinski definition) is 1. The molecule has 3 aromatic rings. The van der Waals surface area contributed by atoms with Gasteiger partial charge in [-0.1, -0.05) is 48.5 Å². The fourth-order valence-electron chi connectivity index (χ4n) is 2.55. The molecule has 0 aliphatic heterocycles. The number of anilines is 1. The molecule has 0 saturated carbocycles. The van der Waals surface area contributed by atoms with Crippen molar-refractivity contribution >= 4 is 5.69 Å². The number of halogens is 1. The molecule has 23 heavy (non-hydrogen) atoms. The molecule has 0 aliphatic carbocycles. The Bertz CT molecular complexity index is 756. The minimum absolute atomic E-state index is 0.220. The van der Waals surface area contributed by atoms with Crippen LogP contribution < -0.4 is 10.1 Å². The van der Waals surface area contributed by atoms with Crippen molar-refractivity contribution in [1.82, 2.24) is 0 Å². The van der Waals surface area contributed by atoms with Crippen molar-refractivity contribution in [2.24, 2.45) is 0 Å². The Morgan fingerprint density at radius 2 is 1.48 bits per heavy atom. The monoisotopic (exact) mass is 307 g/mol. The van der Waals surface area contributed by atoms with E-state index in [-0.39, 0.29) is 11.9 Å². The number of benzene rings is 3. The van der Waals surface area contributed by atoms with Crippen LogP contribution in [-0.2, 0) is 0 Å². The van der Waals surface area contributed by atoms with Crippen molar-refractivity contribution in [1.29, 1.82) is 0 Å². The van der Waals surface area contributed by atoms with E-state index in [1.807, 2.05) is 66.7 Å². The van der Waals surface area contributed by atoms with E-state index >= 15 is 0 Å². The zero-order valence-electron chi connectivity index (χ0n) is 12.9. The minimum atomic E-state index is -0.259. The lowest BCUT2D eigenvalue weighted by atomic mass is 9.98. The van der Waals surface area contributed by atoms with Gasteiger partial charge in [0, 0.05) is 11.3 Å². The minimum Gasteiger partial charge on any atom is -0.497 e. The molecule has 0 bridgehead atoms. The zero-order chi connectivity index (χ0) is 16.1. The average molecular weight is 307 g/mol. The van der Waals surface area contributed by atoms with E-state index in [0.717, 1.165) is 17.0 Å². The van der Waals surface area contributed by atoms with E-state index < -0.39 is 0 Å².